The number of rotatable bonds is 6. The molecule has 0 N–H and O–H groups in total. The third kappa shape index (κ3) is 5.28. The van der Waals surface area contributed by atoms with Gasteiger partial charge in [-0.15, -0.1) is 15.3 Å². The number of hydrogen-bond donors (Lipinski definition) is 0. The van der Waals surface area contributed by atoms with E-state index in [9.17, 15) is 4.79 Å². The molecule has 0 fully saturated rings. The number of aromatic nitrogens is 4. The standard InChI is InChI=1S/C20H21N5O2/c1-16(2)13-24(12-6-9-17-7-4-3-5-8-17)20(26)14-27-19-11-10-18-22-21-15-25(18)23-19/h3-5,7-8,10-11,15-16H,12-14H2,1-2H3. The van der Waals surface area contributed by atoms with E-state index in [0.717, 1.165) is 5.56 Å². The zero-order valence-corrected chi connectivity index (χ0v) is 15.4. The minimum Gasteiger partial charge on any atom is -0.467 e. The van der Waals surface area contributed by atoms with Crippen molar-refractivity contribution in [2.24, 2.45) is 5.92 Å². The molecule has 7 nitrogen and oxygen atoms in total. The third-order valence-corrected chi connectivity index (χ3v) is 3.70. The van der Waals surface area contributed by atoms with Crippen molar-refractivity contribution in [1.82, 2.24) is 24.7 Å². The fraction of sp³-hybridized carbons (Fsp3) is 0.300. The molecule has 27 heavy (non-hydrogen) atoms. The van der Waals surface area contributed by atoms with Gasteiger partial charge in [0, 0.05) is 18.2 Å². The van der Waals surface area contributed by atoms with E-state index in [1.165, 1.54) is 10.8 Å². The minimum atomic E-state index is -0.128. The highest BCUT2D eigenvalue weighted by molar-refractivity contribution is 5.78. The van der Waals surface area contributed by atoms with Crippen LogP contribution in [0, 0.1) is 17.8 Å². The highest BCUT2D eigenvalue weighted by atomic mass is 16.5. The van der Waals surface area contributed by atoms with Crippen LogP contribution < -0.4 is 4.74 Å². The van der Waals surface area contributed by atoms with E-state index in [4.69, 9.17) is 4.74 Å². The van der Waals surface area contributed by atoms with Gasteiger partial charge in [0.25, 0.3) is 5.91 Å². The van der Waals surface area contributed by atoms with Crippen molar-refractivity contribution in [3.63, 3.8) is 0 Å². The van der Waals surface area contributed by atoms with E-state index in [1.54, 1.807) is 17.0 Å². The second-order valence-electron chi connectivity index (χ2n) is 6.43. The molecule has 0 aliphatic carbocycles. The number of ether oxygens (including phenoxy) is 1. The molecular weight excluding hydrogens is 342 g/mol. The summed E-state index contributed by atoms with van der Waals surface area (Å²) in [6.45, 7) is 5.00. The second-order valence-corrected chi connectivity index (χ2v) is 6.43. The predicted octanol–water partition coefficient (Wildman–Crippen LogP) is 2.04. The Kier molecular flexibility index (Phi) is 6.00. The Labute approximate surface area is 158 Å². The van der Waals surface area contributed by atoms with Crippen molar-refractivity contribution in [1.29, 1.82) is 0 Å². The maximum absolute atomic E-state index is 12.6. The lowest BCUT2D eigenvalue weighted by Crippen LogP contribution is -2.38. The van der Waals surface area contributed by atoms with Crippen molar-refractivity contribution in [3.8, 4) is 17.7 Å². The summed E-state index contributed by atoms with van der Waals surface area (Å²) < 4.78 is 7.04. The van der Waals surface area contributed by atoms with E-state index < -0.39 is 0 Å². The molecule has 7 heteroatoms. The molecule has 0 bridgehead atoms. The summed E-state index contributed by atoms with van der Waals surface area (Å²) >= 11 is 0. The first-order valence-electron chi connectivity index (χ1n) is 8.73. The van der Waals surface area contributed by atoms with Gasteiger partial charge in [-0.3, -0.25) is 4.79 Å². The lowest BCUT2D eigenvalue weighted by atomic mass is 10.2. The first-order chi connectivity index (χ1) is 13.1. The maximum Gasteiger partial charge on any atom is 0.261 e. The fourth-order valence-corrected chi connectivity index (χ4v) is 2.47. The predicted molar refractivity (Wildman–Crippen MR) is 101 cm³/mol. The second kappa shape index (κ2) is 8.81. The molecule has 1 amide bonds. The van der Waals surface area contributed by atoms with Gasteiger partial charge < -0.3 is 9.64 Å². The summed E-state index contributed by atoms with van der Waals surface area (Å²) in [5, 5.41) is 11.8. The van der Waals surface area contributed by atoms with Gasteiger partial charge in [-0.05, 0) is 24.1 Å². The van der Waals surface area contributed by atoms with Crippen molar-refractivity contribution < 1.29 is 9.53 Å². The number of fused-ring (bicyclic) bond motifs is 1. The monoisotopic (exact) mass is 363 g/mol. The van der Waals surface area contributed by atoms with E-state index in [0.29, 0.717) is 30.5 Å². The average Bonchev–Trinajstić information content (AvgIpc) is 3.13. The molecular formula is C20H21N5O2. The van der Waals surface area contributed by atoms with Crippen LogP contribution in [-0.2, 0) is 4.79 Å². The summed E-state index contributed by atoms with van der Waals surface area (Å²) in [4.78, 5) is 14.3. The summed E-state index contributed by atoms with van der Waals surface area (Å²) in [5.41, 5.74) is 1.54. The van der Waals surface area contributed by atoms with Crippen LogP contribution in [0.2, 0.25) is 0 Å². The van der Waals surface area contributed by atoms with Crippen LogP contribution in [0.3, 0.4) is 0 Å². The molecule has 2 aromatic heterocycles. The molecule has 0 radical (unpaired) electrons. The normalized spacial score (nSPS) is 10.5. The molecule has 0 spiro atoms. The number of carbonyl (C=O) groups is 1. The van der Waals surface area contributed by atoms with Crippen LogP contribution >= 0.6 is 0 Å². The van der Waals surface area contributed by atoms with Crippen LogP contribution in [0.25, 0.3) is 5.65 Å². The Balaban J connectivity index is 1.61. The Morgan fingerprint density at radius 1 is 1.22 bits per heavy atom. The van der Waals surface area contributed by atoms with Gasteiger partial charge in [0.1, 0.15) is 6.33 Å². The number of nitrogens with zero attached hydrogens (tertiary/aromatic N) is 5. The Hall–Kier alpha value is -3.40. The number of hydrogen-bond acceptors (Lipinski definition) is 5. The van der Waals surface area contributed by atoms with Crippen LogP contribution in [0.5, 0.6) is 5.88 Å². The summed E-state index contributed by atoms with van der Waals surface area (Å²) in [6, 6.07) is 13.1. The van der Waals surface area contributed by atoms with Crippen LogP contribution in [0.15, 0.2) is 48.8 Å². The van der Waals surface area contributed by atoms with Gasteiger partial charge in [-0.2, -0.15) is 4.52 Å². The fourth-order valence-electron chi connectivity index (χ4n) is 2.47. The van der Waals surface area contributed by atoms with Crippen LogP contribution in [0.4, 0.5) is 0 Å². The number of amides is 1. The van der Waals surface area contributed by atoms with E-state index in [2.05, 4.69) is 41.0 Å². The van der Waals surface area contributed by atoms with E-state index in [-0.39, 0.29) is 12.5 Å². The quantitative estimate of drug-likeness (QED) is 0.627. The van der Waals surface area contributed by atoms with E-state index >= 15 is 0 Å². The first-order valence-corrected chi connectivity index (χ1v) is 8.73. The number of benzene rings is 1. The Morgan fingerprint density at radius 2 is 2.04 bits per heavy atom. The van der Waals surface area contributed by atoms with Crippen LogP contribution in [-0.4, -0.2) is 50.3 Å². The molecule has 0 saturated carbocycles. The lowest BCUT2D eigenvalue weighted by molar-refractivity contribution is -0.133. The molecule has 2 heterocycles. The van der Waals surface area contributed by atoms with Crippen LogP contribution in [0.1, 0.15) is 19.4 Å². The first kappa shape index (κ1) is 18.4. The number of carbonyl (C=O) groups excluding carboxylic acids is 1. The summed E-state index contributed by atoms with van der Waals surface area (Å²) in [5.74, 6) is 6.70. The van der Waals surface area contributed by atoms with E-state index in [1.807, 2.05) is 30.3 Å². The average molecular weight is 363 g/mol. The van der Waals surface area contributed by atoms with Gasteiger partial charge in [0.05, 0.1) is 6.54 Å². The minimum absolute atomic E-state index is 0.0969. The highest BCUT2D eigenvalue weighted by Gasteiger charge is 2.15. The van der Waals surface area contributed by atoms with Crippen molar-refractivity contribution >= 4 is 11.6 Å². The molecule has 0 unspecified atom stereocenters. The van der Waals surface area contributed by atoms with Gasteiger partial charge >= 0.3 is 0 Å². The molecule has 3 aromatic rings. The Morgan fingerprint density at radius 3 is 2.81 bits per heavy atom. The molecule has 3 rings (SSSR count). The SMILES string of the molecule is CC(C)CN(CC#Cc1ccccc1)C(=O)COc1ccc2nncn2n1. The zero-order valence-electron chi connectivity index (χ0n) is 15.4. The van der Waals surface area contributed by atoms with Gasteiger partial charge in [0.2, 0.25) is 5.88 Å². The zero-order chi connectivity index (χ0) is 19.1. The molecule has 0 aliphatic heterocycles. The smallest absolute Gasteiger partial charge is 0.261 e. The topological polar surface area (TPSA) is 72.6 Å². The Bertz CT molecular complexity index is 956. The van der Waals surface area contributed by atoms with Gasteiger partial charge in [0.15, 0.2) is 12.3 Å². The highest BCUT2D eigenvalue weighted by Crippen LogP contribution is 2.08. The third-order valence-electron chi connectivity index (χ3n) is 3.70. The van der Waals surface area contributed by atoms with Crippen molar-refractivity contribution in [2.45, 2.75) is 13.8 Å². The maximum atomic E-state index is 12.6. The molecule has 0 aliphatic rings. The van der Waals surface area contributed by atoms with Gasteiger partial charge in [-0.25, -0.2) is 0 Å². The molecule has 138 valence electrons. The largest absolute Gasteiger partial charge is 0.467 e. The summed E-state index contributed by atoms with van der Waals surface area (Å²) in [7, 11) is 0. The molecule has 0 atom stereocenters. The lowest BCUT2D eigenvalue weighted by Gasteiger charge is -2.22. The van der Waals surface area contributed by atoms with Crippen molar-refractivity contribution in [3.05, 3.63) is 54.4 Å². The molecule has 1 aromatic carbocycles. The summed E-state index contributed by atoms with van der Waals surface area (Å²) in [6.07, 6.45) is 1.48. The molecule has 0 saturated heterocycles. The van der Waals surface area contributed by atoms with Crippen molar-refractivity contribution in [2.75, 3.05) is 19.7 Å². The van der Waals surface area contributed by atoms with Gasteiger partial charge in [-0.1, -0.05) is 43.9 Å².